The number of hydrogen-bond acceptors (Lipinski definition) is 3. The van der Waals surface area contributed by atoms with Crippen molar-refractivity contribution in [3.63, 3.8) is 0 Å². The van der Waals surface area contributed by atoms with Gasteiger partial charge in [-0.25, -0.2) is 22.0 Å². The molecule has 22 heavy (non-hydrogen) atoms. The highest BCUT2D eigenvalue weighted by Gasteiger charge is 2.18. The molecule has 0 aliphatic carbocycles. The highest BCUT2D eigenvalue weighted by atomic mass is 32.2. The second-order valence-electron chi connectivity index (χ2n) is 4.52. The SMILES string of the molecule is Cc1ccc(S(=O)(=O)Nc2ccc(F)c(C(=O)O)c2)cc1F. The lowest BCUT2D eigenvalue weighted by atomic mass is 10.2. The van der Waals surface area contributed by atoms with Crippen molar-refractivity contribution >= 4 is 21.7 Å². The third-order valence-corrected chi connectivity index (χ3v) is 4.28. The normalized spacial score (nSPS) is 11.2. The second kappa shape index (κ2) is 5.72. The summed E-state index contributed by atoms with van der Waals surface area (Å²) >= 11 is 0. The number of carbonyl (C=O) groups is 1. The number of benzene rings is 2. The molecule has 0 saturated heterocycles. The molecule has 0 aromatic heterocycles. The molecular formula is C14H11F2NO4S. The fourth-order valence-electron chi connectivity index (χ4n) is 1.71. The molecule has 2 N–H and O–H groups in total. The van der Waals surface area contributed by atoms with E-state index in [0.29, 0.717) is 0 Å². The lowest BCUT2D eigenvalue weighted by Crippen LogP contribution is -2.14. The Morgan fingerprint density at radius 1 is 1.09 bits per heavy atom. The molecular weight excluding hydrogens is 316 g/mol. The van der Waals surface area contributed by atoms with Crippen molar-refractivity contribution in [2.45, 2.75) is 11.8 Å². The van der Waals surface area contributed by atoms with Crippen LogP contribution in [-0.2, 0) is 10.0 Å². The molecule has 0 bridgehead atoms. The van der Waals surface area contributed by atoms with Crippen LogP contribution in [0.5, 0.6) is 0 Å². The minimum atomic E-state index is -4.11. The third-order valence-electron chi connectivity index (χ3n) is 2.90. The van der Waals surface area contributed by atoms with Crippen LogP contribution < -0.4 is 4.72 Å². The molecule has 0 atom stereocenters. The first-order valence-corrected chi connectivity index (χ1v) is 7.51. The topological polar surface area (TPSA) is 83.5 Å². The van der Waals surface area contributed by atoms with Crippen LogP contribution in [0.3, 0.4) is 0 Å². The highest BCUT2D eigenvalue weighted by Crippen LogP contribution is 2.20. The average molecular weight is 327 g/mol. The van der Waals surface area contributed by atoms with E-state index in [9.17, 15) is 22.0 Å². The fourth-order valence-corrected chi connectivity index (χ4v) is 2.77. The molecule has 116 valence electrons. The van der Waals surface area contributed by atoms with E-state index in [0.717, 1.165) is 24.3 Å². The predicted octanol–water partition coefficient (Wildman–Crippen LogP) is 2.77. The summed E-state index contributed by atoms with van der Waals surface area (Å²) in [6.45, 7) is 1.48. The quantitative estimate of drug-likeness (QED) is 0.904. The summed E-state index contributed by atoms with van der Waals surface area (Å²) in [4.78, 5) is 10.5. The van der Waals surface area contributed by atoms with Crippen LogP contribution in [0.25, 0.3) is 0 Å². The number of aryl methyl sites for hydroxylation is 1. The van der Waals surface area contributed by atoms with Gasteiger partial charge in [-0.15, -0.1) is 0 Å². The van der Waals surface area contributed by atoms with Gasteiger partial charge in [0.25, 0.3) is 10.0 Å². The summed E-state index contributed by atoms with van der Waals surface area (Å²) in [7, 11) is -4.11. The van der Waals surface area contributed by atoms with Gasteiger partial charge in [-0.2, -0.15) is 0 Å². The Morgan fingerprint density at radius 2 is 1.77 bits per heavy atom. The average Bonchev–Trinajstić information content (AvgIpc) is 2.43. The Kier molecular flexibility index (Phi) is 4.14. The van der Waals surface area contributed by atoms with Crippen molar-refractivity contribution in [3.05, 3.63) is 59.2 Å². The minimum Gasteiger partial charge on any atom is -0.478 e. The van der Waals surface area contributed by atoms with E-state index in [1.54, 1.807) is 0 Å². The van der Waals surface area contributed by atoms with Crippen LogP contribution in [0, 0.1) is 18.6 Å². The summed E-state index contributed by atoms with van der Waals surface area (Å²) < 4.78 is 53.0. The van der Waals surface area contributed by atoms with Crippen molar-refractivity contribution in [3.8, 4) is 0 Å². The predicted molar refractivity (Wildman–Crippen MR) is 75.3 cm³/mol. The molecule has 0 heterocycles. The zero-order valence-electron chi connectivity index (χ0n) is 11.3. The van der Waals surface area contributed by atoms with Gasteiger partial charge in [0.2, 0.25) is 0 Å². The Hall–Kier alpha value is -2.48. The Labute approximate surface area is 125 Å². The molecule has 0 radical (unpaired) electrons. The van der Waals surface area contributed by atoms with Gasteiger partial charge in [-0.05, 0) is 42.8 Å². The van der Waals surface area contributed by atoms with Crippen molar-refractivity contribution in [1.82, 2.24) is 0 Å². The van der Waals surface area contributed by atoms with Gasteiger partial charge in [0.1, 0.15) is 11.6 Å². The standard InChI is InChI=1S/C14H11F2NO4S/c1-8-2-4-10(7-13(8)16)22(20,21)17-9-3-5-12(15)11(6-9)14(18)19/h2-7,17H,1H3,(H,18,19). The lowest BCUT2D eigenvalue weighted by molar-refractivity contribution is 0.0692. The van der Waals surface area contributed by atoms with Crippen LogP contribution in [-0.4, -0.2) is 19.5 Å². The molecule has 0 unspecified atom stereocenters. The van der Waals surface area contributed by atoms with Crippen molar-refractivity contribution in [1.29, 1.82) is 0 Å². The van der Waals surface area contributed by atoms with Gasteiger partial charge in [0.15, 0.2) is 0 Å². The molecule has 2 aromatic carbocycles. The zero-order valence-corrected chi connectivity index (χ0v) is 12.1. The fraction of sp³-hybridized carbons (Fsp3) is 0.0714. The summed E-state index contributed by atoms with van der Waals surface area (Å²) in [6.07, 6.45) is 0. The number of rotatable bonds is 4. The highest BCUT2D eigenvalue weighted by molar-refractivity contribution is 7.92. The molecule has 0 aliphatic rings. The molecule has 5 nitrogen and oxygen atoms in total. The first kappa shape index (κ1) is 15.9. The van der Waals surface area contributed by atoms with E-state index < -0.39 is 33.2 Å². The van der Waals surface area contributed by atoms with E-state index in [1.165, 1.54) is 19.1 Å². The number of anilines is 1. The van der Waals surface area contributed by atoms with Gasteiger partial charge >= 0.3 is 5.97 Å². The molecule has 2 rings (SSSR count). The van der Waals surface area contributed by atoms with E-state index in [4.69, 9.17) is 5.11 Å². The summed E-state index contributed by atoms with van der Waals surface area (Å²) in [5.41, 5.74) is -0.524. The molecule has 0 amide bonds. The number of aromatic carboxylic acids is 1. The summed E-state index contributed by atoms with van der Waals surface area (Å²) in [5.74, 6) is -3.20. The Bertz CT molecular complexity index is 850. The van der Waals surface area contributed by atoms with Crippen LogP contribution in [0.4, 0.5) is 14.5 Å². The van der Waals surface area contributed by atoms with Gasteiger partial charge in [0.05, 0.1) is 10.5 Å². The first-order valence-electron chi connectivity index (χ1n) is 6.02. The van der Waals surface area contributed by atoms with E-state index >= 15 is 0 Å². The number of halogens is 2. The van der Waals surface area contributed by atoms with Crippen molar-refractivity contribution < 1.29 is 27.1 Å². The molecule has 0 spiro atoms. The monoisotopic (exact) mass is 327 g/mol. The van der Waals surface area contributed by atoms with E-state index in [2.05, 4.69) is 4.72 Å². The Morgan fingerprint density at radius 3 is 2.36 bits per heavy atom. The van der Waals surface area contributed by atoms with Gasteiger partial charge < -0.3 is 5.11 Å². The third kappa shape index (κ3) is 3.22. The van der Waals surface area contributed by atoms with Gasteiger partial charge in [0, 0.05) is 5.69 Å². The minimum absolute atomic E-state index is 0.139. The number of nitrogens with one attached hydrogen (secondary N) is 1. The molecule has 0 saturated carbocycles. The van der Waals surface area contributed by atoms with Crippen LogP contribution in [0.15, 0.2) is 41.3 Å². The smallest absolute Gasteiger partial charge is 0.338 e. The number of carboxylic acids is 1. The first-order chi connectivity index (χ1) is 10.2. The summed E-state index contributed by atoms with van der Waals surface area (Å²) in [5, 5.41) is 8.81. The van der Waals surface area contributed by atoms with Crippen molar-refractivity contribution in [2.24, 2.45) is 0 Å². The zero-order chi connectivity index (χ0) is 16.5. The van der Waals surface area contributed by atoms with Gasteiger partial charge in [-0.3, -0.25) is 4.72 Å². The largest absolute Gasteiger partial charge is 0.478 e. The van der Waals surface area contributed by atoms with E-state index in [-0.39, 0.29) is 16.1 Å². The maximum Gasteiger partial charge on any atom is 0.338 e. The van der Waals surface area contributed by atoms with E-state index in [1.807, 2.05) is 0 Å². The van der Waals surface area contributed by atoms with Crippen LogP contribution >= 0.6 is 0 Å². The second-order valence-corrected chi connectivity index (χ2v) is 6.20. The van der Waals surface area contributed by atoms with Crippen molar-refractivity contribution in [2.75, 3.05) is 4.72 Å². The maximum atomic E-state index is 13.5. The van der Waals surface area contributed by atoms with Crippen LogP contribution in [0.1, 0.15) is 15.9 Å². The molecule has 2 aromatic rings. The molecule has 0 aliphatic heterocycles. The number of sulfonamides is 1. The summed E-state index contributed by atoms with van der Waals surface area (Å²) in [6, 6.07) is 6.11. The lowest BCUT2D eigenvalue weighted by Gasteiger charge is -2.09. The molecule has 8 heteroatoms. The number of carboxylic acid groups (broad SMARTS) is 1. The molecule has 0 fully saturated rings. The van der Waals surface area contributed by atoms with Crippen LogP contribution in [0.2, 0.25) is 0 Å². The number of hydrogen-bond donors (Lipinski definition) is 2. The van der Waals surface area contributed by atoms with Gasteiger partial charge in [-0.1, -0.05) is 6.07 Å². The maximum absolute atomic E-state index is 13.5. The Balaban J connectivity index is 2.38.